The van der Waals surface area contributed by atoms with Gasteiger partial charge in [-0.1, -0.05) is 23.4 Å². The van der Waals surface area contributed by atoms with E-state index < -0.39 is 0 Å². The highest BCUT2D eigenvalue weighted by molar-refractivity contribution is 7.99. The minimum atomic E-state index is 0.547. The number of morpholine rings is 1. The van der Waals surface area contributed by atoms with Gasteiger partial charge < -0.3 is 20.7 Å². The topological polar surface area (TPSA) is 76.3 Å². The molecule has 4 rings (SSSR count). The minimum Gasteiger partial charge on any atom is -0.398 e. The third kappa shape index (κ3) is 4.64. The fourth-order valence-electron chi connectivity index (χ4n) is 3.15. The van der Waals surface area contributed by atoms with Crippen molar-refractivity contribution in [2.75, 3.05) is 42.3 Å². The molecule has 1 aliphatic heterocycles. The lowest BCUT2D eigenvalue weighted by Crippen LogP contribution is -2.36. The molecule has 1 aromatic heterocycles. The van der Waals surface area contributed by atoms with Crippen LogP contribution in [0.1, 0.15) is 11.1 Å². The summed E-state index contributed by atoms with van der Waals surface area (Å²) in [5, 5.41) is 4.80. The molecule has 1 fully saturated rings. The molecule has 3 aromatic rings. The van der Waals surface area contributed by atoms with Gasteiger partial charge in [0.2, 0.25) is 5.95 Å². The molecule has 0 saturated carbocycles. The molecular weight excluding hydrogens is 418 g/mol. The first-order valence-corrected chi connectivity index (χ1v) is 11.0. The van der Waals surface area contributed by atoms with Gasteiger partial charge in [-0.2, -0.15) is 0 Å². The molecule has 0 unspecified atom stereocenters. The molecule has 3 N–H and O–H groups in total. The van der Waals surface area contributed by atoms with Crippen molar-refractivity contribution in [1.29, 1.82) is 0 Å². The van der Waals surface area contributed by atoms with Gasteiger partial charge in [0.25, 0.3) is 0 Å². The monoisotopic (exact) mass is 441 g/mol. The lowest BCUT2D eigenvalue weighted by atomic mass is 10.2. The number of hydrogen-bond acceptors (Lipinski definition) is 7. The van der Waals surface area contributed by atoms with E-state index in [1.165, 1.54) is 17.4 Å². The zero-order chi connectivity index (χ0) is 21.1. The van der Waals surface area contributed by atoms with E-state index in [9.17, 15) is 0 Å². The molecule has 0 bridgehead atoms. The van der Waals surface area contributed by atoms with Crippen LogP contribution >= 0.6 is 23.4 Å². The van der Waals surface area contributed by atoms with Gasteiger partial charge in [0.1, 0.15) is 5.03 Å². The van der Waals surface area contributed by atoms with Crippen molar-refractivity contribution < 1.29 is 4.74 Å². The molecule has 2 heterocycles. The van der Waals surface area contributed by atoms with E-state index in [1.54, 1.807) is 0 Å². The molecule has 0 radical (unpaired) electrons. The Kier molecular flexibility index (Phi) is 6.32. The van der Waals surface area contributed by atoms with Crippen molar-refractivity contribution in [3.05, 3.63) is 58.7 Å². The van der Waals surface area contributed by atoms with Crippen LogP contribution in [0.25, 0.3) is 0 Å². The third-order valence-electron chi connectivity index (χ3n) is 5.02. The van der Waals surface area contributed by atoms with Gasteiger partial charge in [-0.3, -0.25) is 0 Å². The number of nitrogens with two attached hydrogens (primary N) is 1. The molecule has 1 saturated heterocycles. The number of aromatic nitrogens is 2. The Morgan fingerprint density at radius 1 is 1.10 bits per heavy atom. The quantitative estimate of drug-likeness (QED) is 0.423. The van der Waals surface area contributed by atoms with Crippen LogP contribution in [0.2, 0.25) is 5.02 Å². The Hall–Kier alpha value is -2.48. The Balaban J connectivity index is 1.50. The Labute approximate surface area is 185 Å². The first-order chi connectivity index (χ1) is 14.5. The molecule has 2 aromatic carbocycles. The van der Waals surface area contributed by atoms with Crippen LogP contribution in [0.4, 0.5) is 23.0 Å². The van der Waals surface area contributed by atoms with Crippen molar-refractivity contribution >= 4 is 46.4 Å². The average molecular weight is 442 g/mol. The van der Waals surface area contributed by atoms with Gasteiger partial charge in [0.15, 0.2) is 0 Å². The van der Waals surface area contributed by atoms with E-state index >= 15 is 0 Å². The minimum absolute atomic E-state index is 0.547. The highest BCUT2D eigenvalue weighted by Crippen LogP contribution is 2.37. The second kappa shape index (κ2) is 9.12. The van der Waals surface area contributed by atoms with Crippen LogP contribution < -0.4 is 16.0 Å². The van der Waals surface area contributed by atoms with Crippen molar-refractivity contribution in [1.82, 2.24) is 9.97 Å². The molecule has 6 nitrogen and oxygen atoms in total. The normalized spacial score (nSPS) is 14.0. The number of ether oxygens (including phenoxy) is 1. The fourth-order valence-corrected chi connectivity index (χ4v) is 4.38. The lowest BCUT2D eigenvalue weighted by Gasteiger charge is -2.28. The van der Waals surface area contributed by atoms with E-state index in [2.05, 4.69) is 27.3 Å². The van der Waals surface area contributed by atoms with Gasteiger partial charge in [0.05, 0.1) is 18.2 Å². The second-order valence-corrected chi connectivity index (χ2v) is 8.56. The molecule has 0 amide bonds. The average Bonchev–Trinajstić information content (AvgIpc) is 2.77. The number of halogens is 1. The van der Waals surface area contributed by atoms with Crippen molar-refractivity contribution in [2.24, 2.45) is 0 Å². The van der Waals surface area contributed by atoms with Crippen molar-refractivity contribution in [3.63, 3.8) is 0 Å². The molecule has 1 aliphatic rings. The fraction of sp³-hybridized carbons (Fsp3) is 0.273. The summed E-state index contributed by atoms with van der Waals surface area (Å²) in [6.45, 7) is 7.29. The maximum Gasteiger partial charge on any atom is 0.228 e. The van der Waals surface area contributed by atoms with Crippen LogP contribution in [-0.2, 0) is 4.74 Å². The number of benzene rings is 2. The standard InChI is InChI=1S/C22H24ClN5OS/c1-14-13-25-22(27-21(14)30-19-8-7-18(24)15(2)20(19)23)26-16-3-5-17(6-4-16)28-9-11-29-12-10-28/h3-8,13H,9-12,24H2,1-2H3,(H,25,26,27). The predicted molar refractivity (Wildman–Crippen MR) is 124 cm³/mol. The molecule has 30 heavy (non-hydrogen) atoms. The summed E-state index contributed by atoms with van der Waals surface area (Å²) in [4.78, 5) is 12.4. The number of hydrogen-bond donors (Lipinski definition) is 2. The van der Waals surface area contributed by atoms with Crippen LogP contribution in [0.15, 0.2) is 52.5 Å². The number of nitrogens with zero attached hydrogens (tertiary/aromatic N) is 3. The zero-order valence-corrected chi connectivity index (χ0v) is 18.6. The SMILES string of the molecule is Cc1cnc(Nc2ccc(N3CCOCC3)cc2)nc1Sc1ccc(N)c(C)c1Cl. The maximum atomic E-state index is 6.48. The summed E-state index contributed by atoms with van der Waals surface area (Å²) in [5.41, 5.74) is 10.6. The number of anilines is 4. The summed E-state index contributed by atoms with van der Waals surface area (Å²) in [7, 11) is 0. The van der Waals surface area contributed by atoms with E-state index in [4.69, 9.17) is 27.1 Å². The highest BCUT2D eigenvalue weighted by atomic mass is 35.5. The molecule has 8 heteroatoms. The smallest absolute Gasteiger partial charge is 0.228 e. The Morgan fingerprint density at radius 2 is 1.83 bits per heavy atom. The number of nitrogen functional groups attached to an aromatic ring is 1. The summed E-state index contributed by atoms with van der Waals surface area (Å²) < 4.78 is 5.42. The molecular formula is C22H24ClN5OS. The Morgan fingerprint density at radius 3 is 2.57 bits per heavy atom. The van der Waals surface area contributed by atoms with Crippen LogP contribution in [0.5, 0.6) is 0 Å². The van der Waals surface area contributed by atoms with E-state index in [0.717, 1.165) is 53.0 Å². The Bertz CT molecular complexity index is 1040. The predicted octanol–water partition coefficient (Wildman–Crippen LogP) is 5.06. The van der Waals surface area contributed by atoms with Gasteiger partial charge >= 0.3 is 0 Å². The summed E-state index contributed by atoms with van der Waals surface area (Å²) in [5.74, 6) is 0.547. The van der Waals surface area contributed by atoms with E-state index in [1.807, 2.05) is 44.3 Å². The van der Waals surface area contributed by atoms with E-state index in [-0.39, 0.29) is 0 Å². The van der Waals surface area contributed by atoms with Gasteiger partial charge in [-0.25, -0.2) is 9.97 Å². The maximum absolute atomic E-state index is 6.48. The summed E-state index contributed by atoms with van der Waals surface area (Å²) >= 11 is 7.99. The highest BCUT2D eigenvalue weighted by Gasteiger charge is 2.13. The van der Waals surface area contributed by atoms with Crippen LogP contribution in [0, 0.1) is 13.8 Å². The molecule has 0 aliphatic carbocycles. The van der Waals surface area contributed by atoms with Gasteiger partial charge in [-0.05, 0) is 55.8 Å². The second-order valence-electron chi connectivity index (χ2n) is 7.15. The molecule has 0 atom stereocenters. The van der Waals surface area contributed by atoms with Crippen molar-refractivity contribution in [2.45, 2.75) is 23.8 Å². The number of nitrogens with one attached hydrogen (secondary N) is 1. The number of rotatable bonds is 5. The molecule has 0 spiro atoms. The summed E-state index contributed by atoms with van der Waals surface area (Å²) in [6, 6.07) is 12.1. The van der Waals surface area contributed by atoms with E-state index in [0.29, 0.717) is 16.7 Å². The summed E-state index contributed by atoms with van der Waals surface area (Å²) in [6.07, 6.45) is 1.82. The van der Waals surface area contributed by atoms with Crippen molar-refractivity contribution in [3.8, 4) is 0 Å². The zero-order valence-electron chi connectivity index (χ0n) is 17.0. The largest absolute Gasteiger partial charge is 0.398 e. The first kappa shape index (κ1) is 20.8. The van der Waals surface area contributed by atoms with Gasteiger partial charge in [0, 0.05) is 46.8 Å². The molecule has 156 valence electrons. The van der Waals surface area contributed by atoms with Crippen LogP contribution in [0.3, 0.4) is 0 Å². The van der Waals surface area contributed by atoms with Crippen LogP contribution in [-0.4, -0.2) is 36.3 Å². The number of aryl methyl sites for hydroxylation is 1. The first-order valence-electron chi connectivity index (χ1n) is 9.77. The lowest BCUT2D eigenvalue weighted by molar-refractivity contribution is 0.122. The third-order valence-corrected chi connectivity index (χ3v) is 6.79. The van der Waals surface area contributed by atoms with Gasteiger partial charge in [-0.15, -0.1) is 0 Å².